The molecule has 0 atom stereocenters. The summed E-state index contributed by atoms with van der Waals surface area (Å²) in [5.41, 5.74) is 1.88. The summed E-state index contributed by atoms with van der Waals surface area (Å²) in [6, 6.07) is 9.16. The Bertz CT molecular complexity index is 866. The van der Waals surface area contributed by atoms with Gasteiger partial charge in [0.15, 0.2) is 5.13 Å². The molecule has 0 radical (unpaired) electrons. The van der Waals surface area contributed by atoms with Crippen molar-refractivity contribution in [3.05, 3.63) is 51.9 Å². The van der Waals surface area contributed by atoms with Crippen LogP contribution in [0.2, 0.25) is 0 Å². The molecular weight excluding hydrogens is 370 g/mol. The molecular formula is C18H21N3O3S2. The molecule has 8 heteroatoms. The molecule has 26 heavy (non-hydrogen) atoms. The molecule has 0 saturated carbocycles. The lowest BCUT2D eigenvalue weighted by Gasteiger charge is -2.06. The van der Waals surface area contributed by atoms with Gasteiger partial charge in [0.05, 0.1) is 5.69 Å². The summed E-state index contributed by atoms with van der Waals surface area (Å²) in [5.74, 6) is -0.245. The molecule has 0 spiro atoms. The number of anilines is 1. The molecule has 138 valence electrons. The van der Waals surface area contributed by atoms with Gasteiger partial charge in [-0.2, -0.15) is 0 Å². The van der Waals surface area contributed by atoms with Crippen LogP contribution in [-0.2, 0) is 27.7 Å². The Labute approximate surface area is 157 Å². The molecule has 0 unspecified atom stereocenters. The van der Waals surface area contributed by atoms with Gasteiger partial charge in [-0.25, -0.2) is 18.1 Å². The Morgan fingerprint density at radius 2 is 1.96 bits per heavy atom. The molecule has 0 saturated heterocycles. The van der Waals surface area contributed by atoms with Crippen molar-refractivity contribution in [2.45, 2.75) is 32.1 Å². The molecule has 1 heterocycles. The van der Waals surface area contributed by atoms with E-state index in [0.29, 0.717) is 5.13 Å². The highest BCUT2D eigenvalue weighted by Crippen LogP contribution is 2.29. The highest BCUT2D eigenvalue weighted by molar-refractivity contribution is 7.92. The van der Waals surface area contributed by atoms with Gasteiger partial charge in [-0.05, 0) is 37.3 Å². The van der Waals surface area contributed by atoms with E-state index < -0.39 is 10.0 Å². The maximum Gasteiger partial charge on any atom is 0.233 e. The van der Waals surface area contributed by atoms with Crippen molar-refractivity contribution in [2.24, 2.45) is 0 Å². The van der Waals surface area contributed by atoms with Gasteiger partial charge in [-0.15, -0.1) is 11.3 Å². The SMILES string of the molecule is O=C(CCNS(=O)(=O)/C=C/c1ccccc1)Nc1nc2c(s1)CCCC2. The van der Waals surface area contributed by atoms with Crippen molar-refractivity contribution in [2.75, 3.05) is 11.9 Å². The molecule has 0 bridgehead atoms. The second-order valence-electron chi connectivity index (χ2n) is 6.05. The first-order valence-electron chi connectivity index (χ1n) is 8.53. The molecule has 0 aliphatic heterocycles. The lowest BCUT2D eigenvalue weighted by atomic mass is 10.0. The molecule has 1 aliphatic carbocycles. The van der Waals surface area contributed by atoms with Crippen LogP contribution in [0.3, 0.4) is 0 Å². The largest absolute Gasteiger partial charge is 0.302 e. The summed E-state index contributed by atoms with van der Waals surface area (Å²) in [6.45, 7) is 0.0401. The lowest BCUT2D eigenvalue weighted by Crippen LogP contribution is -2.26. The van der Waals surface area contributed by atoms with Crippen molar-refractivity contribution in [3.63, 3.8) is 0 Å². The third-order valence-electron chi connectivity index (χ3n) is 3.99. The number of carbonyl (C=O) groups is 1. The first kappa shape index (κ1) is 18.8. The van der Waals surface area contributed by atoms with Crippen molar-refractivity contribution >= 4 is 38.5 Å². The van der Waals surface area contributed by atoms with Gasteiger partial charge in [-0.1, -0.05) is 30.3 Å². The molecule has 6 nitrogen and oxygen atoms in total. The third-order valence-corrected chi connectivity index (χ3v) is 6.16. The molecule has 1 aliphatic rings. The number of rotatable bonds is 7. The Kier molecular flexibility index (Phi) is 6.18. The van der Waals surface area contributed by atoms with Crippen molar-refractivity contribution in [1.82, 2.24) is 9.71 Å². The summed E-state index contributed by atoms with van der Waals surface area (Å²) in [7, 11) is -3.57. The molecule has 2 aromatic rings. The zero-order chi connectivity index (χ0) is 18.4. The maximum atomic E-state index is 12.0. The number of aryl methyl sites for hydroxylation is 2. The van der Waals surface area contributed by atoms with Crippen LogP contribution in [0.15, 0.2) is 35.7 Å². The first-order valence-corrected chi connectivity index (χ1v) is 10.9. The van der Waals surface area contributed by atoms with E-state index in [1.54, 1.807) is 0 Å². The normalized spacial score (nSPS) is 14.3. The predicted molar refractivity (Wildman–Crippen MR) is 104 cm³/mol. The van der Waals surface area contributed by atoms with Crippen LogP contribution >= 0.6 is 11.3 Å². The van der Waals surface area contributed by atoms with Crippen molar-refractivity contribution < 1.29 is 13.2 Å². The second kappa shape index (κ2) is 8.57. The zero-order valence-corrected chi connectivity index (χ0v) is 15.9. The Morgan fingerprint density at radius 3 is 2.73 bits per heavy atom. The molecule has 3 rings (SSSR count). The Hall–Kier alpha value is -2.03. The second-order valence-corrected chi connectivity index (χ2v) is 8.78. The minimum atomic E-state index is -3.57. The maximum absolute atomic E-state index is 12.0. The molecule has 2 N–H and O–H groups in total. The van der Waals surface area contributed by atoms with Crippen LogP contribution in [0.4, 0.5) is 5.13 Å². The zero-order valence-electron chi connectivity index (χ0n) is 14.3. The van der Waals surface area contributed by atoms with Crippen LogP contribution < -0.4 is 10.0 Å². The average molecular weight is 392 g/mol. The summed E-state index contributed by atoms with van der Waals surface area (Å²) < 4.78 is 26.3. The fraction of sp³-hybridized carbons (Fsp3) is 0.333. The van der Waals surface area contributed by atoms with Crippen LogP contribution in [0, 0.1) is 0 Å². The van der Waals surface area contributed by atoms with Crippen LogP contribution in [0.5, 0.6) is 0 Å². The number of hydrogen-bond acceptors (Lipinski definition) is 5. The Balaban J connectivity index is 1.45. The minimum Gasteiger partial charge on any atom is -0.302 e. The molecule has 1 amide bonds. The highest BCUT2D eigenvalue weighted by atomic mass is 32.2. The number of aromatic nitrogens is 1. The van der Waals surface area contributed by atoms with E-state index in [9.17, 15) is 13.2 Å². The average Bonchev–Trinajstić information content (AvgIpc) is 3.03. The highest BCUT2D eigenvalue weighted by Gasteiger charge is 2.16. The number of nitrogens with one attached hydrogen (secondary N) is 2. The molecule has 0 fully saturated rings. The smallest absolute Gasteiger partial charge is 0.233 e. The van der Waals surface area contributed by atoms with Gasteiger partial charge in [0.25, 0.3) is 0 Å². The number of fused-ring (bicyclic) bond motifs is 1. The van der Waals surface area contributed by atoms with Crippen molar-refractivity contribution in [3.8, 4) is 0 Å². The fourth-order valence-electron chi connectivity index (χ4n) is 2.67. The van der Waals surface area contributed by atoms with Crippen LogP contribution in [-0.4, -0.2) is 25.9 Å². The molecule has 1 aromatic heterocycles. The van der Waals surface area contributed by atoms with E-state index in [4.69, 9.17) is 0 Å². The minimum absolute atomic E-state index is 0.0401. The fourth-order valence-corrected chi connectivity index (χ4v) is 4.56. The standard InChI is InChI=1S/C18H21N3O3S2/c22-17(21-18-20-15-8-4-5-9-16(15)25-18)10-12-19-26(23,24)13-11-14-6-2-1-3-7-14/h1-3,6-7,11,13,19H,4-5,8-10,12H2,(H,20,21,22)/b13-11+. The number of thiazole rings is 1. The third kappa shape index (κ3) is 5.48. The van der Waals surface area contributed by atoms with E-state index in [2.05, 4.69) is 15.0 Å². The van der Waals surface area contributed by atoms with Crippen molar-refractivity contribution in [1.29, 1.82) is 0 Å². The quantitative estimate of drug-likeness (QED) is 0.760. The summed E-state index contributed by atoms with van der Waals surface area (Å²) >= 11 is 1.52. The predicted octanol–water partition coefficient (Wildman–Crippen LogP) is 2.94. The van der Waals surface area contributed by atoms with E-state index in [-0.39, 0.29) is 18.9 Å². The lowest BCUT2D eigenvalue weighted by molar-refractivity contribution is -0.116. The van der Waals surface area contributed by atoms with Gasteiger partial charge in [-0.3, -0.25) is 4.79 Å². The number of carbonyl (C=O) groups excluding carboxylic acids is 1. The van der Waals surface area contributed by atoms with Gasteiger partial charge in [0.2, 0.25) is 15.9 Å². The summed E-state index contributed by atoms with van der Waals surface area (Å²) in [6.07, 6.45) is 5.88. The van der Waals surface area contributed by atoms with Gasteiger partial charge < -0.3 is 5.32 Å². The number of hydrogen-bond donors (Lipinski definition) is 2. The van der Waals surface area contributed by atoms with Gasteiger partial charge >= 0.3 is 0 Å². The van der Waals surface area contributed by atoms with E-state index in [1.807, 2.05) is 30.3 Å². The summed E-state index contributed by atoms with van der Waals surface area (Å²) in [4.78, 5) is 17.7. The number of benzene rings is 1. The van der Waals surface area contributed by atoms with E-state index >= 15 is 0 Å². The molecule has 1 aromatic carbocycles. The number of amides is 1. The first-order chi connectivity index (χ1) is 12.5. The summed E-state index contributed by atoms with van der Waals surface area (Å²) in [5, 5.41) is 4.47. The van der Waals surface area contributed by atoms with E-state index in [1.165, 1.54) is 28.7 Å². The monoisotopic (exact) mass is 391 g/mol. The number of sulfonamides is 1. The topological polar surface area (TPSA) is 88.2 Å². The van der Waals surface area contributed by atoms with Crippen LogP contribution in [0.25, 0.3) is 6.08 Å². The Morgan fingerprint density at radius 1 is 1.19 bits per heavy atom. The van der Waals surface area contributed by atoms with E-state index in [0.717, 1.165) is 35.9 Å². The number of nitrogens with zero attached hydrogens (tertiary/aromatic N) is 1. The van der Waals surface area contributed by atoms with Gasteiger partial charge in [0, 0.05) is 23.3 Å². The van der Waals surface area contributed by atoms with Crippen LogP contribution in [0.1, 0.15) is 35.4 Å². The van der Waals surface area contributed by atoms with Gasteiger partial charge in [0.1, 0.15) is 0 Å².